The third-order valence-electron chi connectivity index (χ3n) is 4.12. The molecule has 2 aliphatic rings. The third-order valence-corrected chi connectivity index (χ3v) is 4.12. The second kappa shape index (κ2) is 4.86. The molecule has 0 saturated carbocycles. The van der Waals surface area contributed by atoms with Gasteiger partial charge >= 0.3 is 0 Å². The molecule has 2 aliphatic heterocycles. The van der Waals surface area contributed by atoms with Gasteiger partial charge in [-0.05, 0) is 31.0 Å². The largest absolute Gasteiger partial charge is 0.497 e. The summed E-state index contributed by atoms with van der Waals surface area (Å²) in [5, 5.41) is 3.42. The molecule has 1 aromatic carbocycles. The number of hydrogen-bond donors (Lipinski definition) is 1. The zero-order valence-corrected chi connectivity index (χ0v) is 10.7. The predicted molar refractivity (Wildman–Crippen MR) is 68.1 cm³/mol. The van der Waals surface area contributed by atoms with Gasteiger partial charge in [0.1, 0.15) is 11.6 Å². The molecule has 1 N–H and O–H groups in total. The van der Waals surface area contributed by atoms with Crippen molar-refractivity contribution in [1.82, 2.24) is 10.2 Å². The summed E-state index contributed by atoms with van der Waals surface area (Å²) >= 11 is 0. The van der Waals surface area contributed by atoms with E-state index in [0.29, 0.717) is 12.3 Å². The smallest absolute Gasteiger partial charge is 0.131 e. The van der Waals surface area contributed by atoms with Crippen molar-refractivity contribution in [2.75, 3.05) is 33.3 Å². The lowest BCUT2D eigenvalue weighted by molar-refractivity contribution is 0.300. The number of ether oxygens (including phenoxy) is 1. The molecule has 3 rings (SSSR count). The Hall–Kier alpha value is -1.13. The molecule has 0 aliphatic carbocycles. The van der Waals surface area contributed by atoms with Crippen LogP contribution in [0.25, 0.3) is 0 Å². The van der Waals surface area contributed by atoms with Gasteiger partial charge in [-0.1, -0.05) is 6.07 Å². The van der Waals surface area contributed by atoms with E-state index in [0.717, 1.165) is 43.6 Å². The van der Waals surface area contributed by atoms with Gasteiger partial charge in [-0.2, -0.15) is 0 Å². The fourth-order valence-electron chi connectivity index (χ4n) is 3.11. The van der Waals surface area contributed by atoms with Crippen molar-refractivity contribution in [3.63, 3.8) is 0 Å². The van der Waals surface area contributed by atoms with Gasteiger partial charge in [-0.25, -0.2) is 4.39 Å². The fraction of sp³-hybridized carbons (Fsp3) is 0.571. The summed E-state index contributed by atoms with van der Waals surface area (Å²) in [5.41, 5.74) is 0.767. The van der Waals surface area contributed by atoms with E-state index in [4.69, 9.17) is 4.74 Å². The van der Waals surface area contributed by atoms with Crippen LogP contribution in [-0.4, -0.2) is 38.2 Å². The lowest BCUT2D eigenvalue weighted by Gasteiger charge is -2.17. The van der Waals surface area contributed by atoms with Crippen LogP contribution in [0.1, 0.15) is 5.56 Å². The van der Waals surface area contributed by atoms with Crippen molar-refractivity contribution < 1.29 is 9.13 Å². The number of rotatable bonds is 3. The van der Waals surface area contributed by atoms with Crippen LogP contribution in [0.4, 0.5) is 4.39 Å². The summed E-state index contributed by atoms with van der Waals surface area (Å²) < 4.78 is 18.9. The molecular formula is C14H19FN2O. The fourth-order valence-corrected chi connectivity index (χ4v) is 3.11. The summed E-state index contributed by atoms with van der Waals surface area (Å²) in [7, 11) is 1.56. The molecule has 2 atom stereocenters. The van der Waals surface area contributed by atoms with Gasteiger partial charge in [0, 0.05) is 31.3 Å². The maximum atomic E-state index is 13.9. The van der Waals surface area contributed by atoms with Crippen LogP contribution in [0, 0.1) is 17.7 Å². The van der Waals surface area contributed by atoms with Gasteiger partial charge in [-0.15, -0.1) is 0 Å². The second-order valence-corrected chi connectivity index (χ2v) is 5.33. The van der Waals surface area contributed by atoms with E-state index >= 15 is 0 Å². The summed E-state index contributed by atoms with van der Waals surface area (Å²) in [5.74, 6) is 1.93. The van der Waals surface area contributed by atoms with Gasteiger partial charge in [-0.3, -0.25) is 4.90 Å². The lowest BCUT2D eigenvalue weighted by Crippen LogP contribution is -2.25. The van der Waals surface area contributed by atoms with Crippen LogP contribution in [0.3, 0.4) is 0 Å². The Kier molecular flexibility index (Phi) is 3.22. The van der Waals surface area contributed by atoms with Crippen LogP contribution >= 0.6 is 0 Å². The molecule has 2 fully saturated rings. The minimum absolute atomic E-state index is 0.162. The quantitative estimate of drug-likeness (QED) is 0.879. The molecule has 98 valence electrons. The zero-order chi connectivity index (χ0) is 12.5. The first kappa shape index (κ1) is 11.9. The molecule has 0 unspecified atom stereocenters. The molecule has 2 heterocycles. The molecule has 4 heteroatoms. The normalized spacial score (nSPS) is 27.4. The Balaban J connectivity index is 1.66. The highest BCUT2D eigenvalue weighted by atomic mass is 19.1. The molecular weight excluding hydrogens is 231 g/mol. The molecule has 3 nitrogen and oxygen atoms in total. The molecule has 1 aromatic rings. The van der Waals surface area contributed by atoms with Crippen LogP contribution in [0.2, 0.25) is 0 Å². The van der Waals surface area contributed by atoms with Crippen molar-refractivity contribution in [2.45, 2.75) is 6.54 Å². The van der Waals surface area contributed by atoms with Crippen LogP contribution in [-0.2, 0) is 6.54 Å². The van der Waals surface area contributed by atoms with Gasteiger partial charge in [0.15, 0.2) is 0 Å². The maximum Gasteiger partial charge on any atom is 0.131 e. The first-order valence-electron chi connectivity index (χ1n) is 6.52. The number of nitrogens with one attached hydrogen (secondary N) is 1. The summed E-state index contributed by atoms with van der Waals surface area (Å²) in [6.45, 7) is 5.12. The number of nitrogens with zero attached hydrogens (tertiary/aromatic N) is 1. The SMILES string of the molecule is COc1ccc(CN2C[C@H]3CNC[C@H]3C2)c(F)c1. The molecule has 0 aromatic heterocycles. The standard InChI is InChI=1S/C14H19FN2O/c1-18-13-3-2-10(14(15)4-13)7-17-8-11-5-16-6-12(11)9-17/h2-4,11-12,16H,5-9H2,1H3/t11-,12+. The molecule has 0 amide bonds. The topological polar surface area (TPSA) is 24.5 Å². The van der Waals surface area contributed by atoms with Crippen LogP contribution < -0.4 is 10.1 Å². The first-order chi connectivity index (χ1) is 8.76. The number of benzene rings is 1. The van der Waals surface area contributed by atoms with E-state index in [1.165, 1.54) is 6.07 Å². The van der Waals surface area contributed by atoms with Crippen molar-refractivity contribution in [3.05, 3.63) is 29.6 Å². The van der Waals surface area contributed by atoms with Crippen LogP contribution in [0.15, 0.2) is 18.2 Å². The van der Waals surface area contributed by atoms with Gasteiger partial charge in [0.25, 0.3) is 0 Å². The Bertz CT molecular complexity index is 426. The zero-order valence-electron chi connectivity index (χ0n) is 10.7. The highest BCUT2D eigenvalue weighted by Gasteiger charge is 2.35. The molecule has 2 saturated heterocycles. The number of fused-ring (bicyclic) bond motifs is 1. The third kappa shape index (κ3) is 2.22. The minimum atomic E-state index is -0.162. The maximum absolute atomic E-state index is 13.9. The molecule has 0 bridgehead atoms. The van der Waals surface area contributed by atoms with E-state index in [9.17, 15) is 4.39 Å². The van der Waals surface area contributed by atoms with E-state index < -0.39 is 0 Å². The van der Waals surface area contributed by atoms with E-state index in [-0.39, 0.29) is 5.82 Å². The molecule has 18 heavy (non-hydrogen) atoms. The Labute approximate surface area is 107 Å². The van der Waals surface area contributed by atoms with E-state index in [1.54, 1.807) is 7.11 Å². The number of hydrogen-bond acceptors (Lipinski definition) is 3. The predicted octanol–water partition coefficient (Wildman–Crippen LogP) is 1.49. The lowest BCUT2D eigenvalue weighted by atomic mass is 10.0. The monoisotopic (exact) mass is 250 g/mol. The van der Waals surface area contributed by atoms with Gasteiger partial charge in [0.05, 0.1) is 7.11 Å². The first-order valence-corrected chi connectivity index (χ1v) is 6.52. The van der Waals surface area contributed by atoms with Gasteiger partial charge < -0.3 is 10.1 Å². The Morgan fingerprint density at radius 2 is 2.06 bits per heavy atom. The van der Waals surface area contributed by atoms with Crippen molar-refractivity contribution in [1.29, 1.82) is 0 Å². The van der Waals surface area contributed by atoms with Crippen molar-refractivity contribution in [3.8, 4) is 5.75 Å². The Morgan fingerprint density at radius 3 is 2.67 bits per heavy atom. The molecule has 0 spiro atoms. The molecule has 0 radical (unpaired) electrons. The summed E-state index contributed by atoms with van der Waals surface area (Å²) in [4.78, 5) is 2.36. The number of halogens is 1. The average Bonchev–Trinajstić information content (AvgIpc) is 2.92. The Morgan fingerprint density at radius 1 is 1.33 bits per heavy atom. The van der Waals surface area contributed by atoms with E-state index in [2.05, 4.69) is 10.2 Å². The summed E-state index contributed by atoms with van der Waals surface area (Å²) in [6.07, 6.45) is 0. The number of likely N-dealkylation sites (tertiary alicyclic amines) is 1. The van der Waals surface area contributed by atoms with Gasteiger partial charge in [0.2, 0.25) is 0 Å². The van der Waals surface area contributed by atoms with Crippen LogP contribution in [0.5, 0.6) is 5.75 Å². The highest BCUT2D eigenvalue weighted by molar-refractivity contribution is 5.28. The minimum Gasteiger partial charge on any atom is -0.497 e. The second-order valence-electron chi connectivity index (χ2n) is 5.33. The average molecular weight is 250 g/mol. The van der Waals surface area contributed by atoms with Crippen molar-refractivity contribution >= 4 is 0 Å². The highest BCUT2D eigenvalue weighted by Crippen LogP contribution is 2.28. The summed E-state index contributed by atoms with van der Waals surface area (Å²) in [6, 6.07) is 5.13. The number of methoxy groups -OCH3 is 1. The van der Waals surface area contributed by atoms with E-state index in [1.807, 2.05) is 12.1 Å². The van der Waals surface area contributed by atoms with Crippen molar-refractivity contribution in [2.24, 2.45) is 11.8 Å².